The zero-order valence-electron chi connectivity index (χ0n) is 14.5. The molecule has 5 rings (SSSR count). The van der Waals surface area contributed by atoms with Crippen LogP contribution < -0.4 is 10.1 Å². The summed E-state index contributed by atoms with van der Waals surface area (Å²) < 4.78 is 7.28. The Morgan fingerprint density at radius 1 is 0.963 bits per heavy atom. The number of ether oxygens (including phenoxy) is 1. The standard InChI is InChI=1S/C20H16N6O/c1-27-17-4-2-13-10-26(11-15(13)7-17)20-8-19(21-12-22-20)24-16-3-5-18-14(6-16)9-23-25-18/h2-12H,1H3,(H,23,25)(H,21,22,24). The molecule has 0 radical (unpaired) electrons. The number of benzene rings is 2. The number of methoxy groups -OCH3 is 1. The minimum Gasteiger partial charge on any atom is -0.497 e. The van der Waals surface area contributed by atoms with Gasteiger partial charge in [-0.1, -0.05) is 0 Å². The van der Waals surface area contributed by atoms with Crippen molar-refractivity contribution in [1.29, 1.82) is 0 Å². The van der Waals surface area contributed by atoms with Crippen molar-refractivity contribution in [2.75, 3.05) is 12.4 Å². The zero-order chi connectivity index (χ0) is 18.2. The van der Waals surface area contributed by atoms with Crippen LogP contribution in [0.5, 0.6) is 5.75 Å². The maximum absolute atomic E-state index is 5.30. The lowest BCUT2D eigenvalue weighted by atomic mass is 10.2. The van der Waals surface area contributed by atoms with Gasteiger partial charge in [-0.25, -0.2) is 9.97 Å². The highest BCUT2D eigenvalue weighted by Gasteiger charge is 2.06. The van der Waals surface area contributed by atoms with Gasteiger partial charge in [0.1, 0.15) is 23.7 Å². The quantitative estimate of drug-likeness (QED) is 0.508. The van der Waals surface area contributed by atoms with Crippen LogP contribution in [0.3, 0.4) is 0 Å². The lowest BCUT2D eigenvalue weighted by molar-refractivity contribution is 0.415. The summed E-state index contributed by atoms with van der Waals surface area (Å²) in [6.45, 7) is 0. The van der Waals surface area contributed by atoms with E-state index in [1.165, 1.54) is 0 Å². The normalized spacial score (nSPS) is 11.1. The van der Waals surface area contributed by atoms with Gasteiger partial charge in [-0.2, -0.15) is 5.10 Å². The second-order valence-corrected chi connectivity index (χ2v) is 6.22. The number of anilines is 2. The fourth-order valence-electron chi connectivity index (χ4n) is 3.10. The molecule has 2 aromatic carbocycles. The van der Waals surface area contributed by atoms with Crippen LogP contribution in [0.4, 0.5) is 11.5 Å². The monoisotopic (exact) mass is 356 g/mol. The molecule has 0 saturated carbocycles. The summed E-state index contributed by atoms with van der Waals surface area (Å²) in [4.78, 5) is 8.73. The van der Waals surface area contributed by atoms with Gasteiger partial charge in [0.25, 0.3) is 0 Å². The number of aromatic amines is 1. The maximum Gasteiger partial charge on any atom is 0.142 e. The Hall–Kier alpha value is -3.87. The van der Waals surface area contributed by atoms with Crippen molar-refractivity contribution >= 4 is 33.2 Å². The van der Waals surface area contributed by atoms with E-state index in [1.807, 2.05) is 59.4 Å². The Bertz CT molecular complexity index is 1260. The number of hydrogen-bond donors (Lipinski definition) is 2. The van der Waals surface area contributed by atoms with Gasteiger partial charge in [0, 0.05) is 40.3 Å². The third-order valence-electron chi connectivity index (χ3n) is 4.48. The molecule has 2 N–H and O–H groups in total. The predicted molar refractivity (Wildman–Crippen MR) is 105 cm³/mol. The molecule has 5 aromatic rings. The average molecular weight is 356 g/mol. The topological polar surface area (TPSA) is 80.6 Å². The fourth-order valence-corrected chi connectivity index (χ4v) is 3.10. The first-order valence-electron chi connectivity index (χ1n) is 8.47. The van der Waals surface area contributed by atoms with Crippen LogP contribution in [0.2, 0.25) is 0 Å². The minimum absolute atomic E-state index is 0.721. The third-order valence-corrected chi connectivity index (χ3v) is 4.48. The van der Waals surface area contributed by atoms with Gasteiger partial charge >= 0.3 is 0 Å². The summed E-state index contributed by atoms with van der Waals surface area (Å²) in [7, 11) is 1.67. The molecular formula is C20H16N6O. The molecule has 0 saturated heterocycles. The summed E-state index contributed by atoms with van der Waals surface area (Å²) in [5.74, 6) is 2.34. The van der Waals surface area contributed by atoms with E-state index in [-0.39, 0.29) is 0 Å². The number of H-pyrrole nitrogens is 1. The van der Waals surface area contributed by atoms with Crippen LogP contribution in [-0.2, 0) is 0 Å². The molecule has 27 heavy (non-hydrogen) atoms. The van der Waals surface area contributed by atoms with Crippen molar-refractivity contribution in [3.8, 4) is 11.6 Å². The van der Waals surface area contributed by atoms with E-state index >= 15 is 0 Å². The highest BCUT2D eigenvalue weighted by molar-refractivity contribution is 5.84. The van der Waals surface area contributed by atoms with E-state index in [2.05, 4.69) is 25.5 Å². The zero-order valence-corrected chi connectivity index (χ0v) is 14.5. The predicted octanol–water partition coefficient (Wildman–Crippen LogP) is 4.05. The SMILES string of the molecule is COc1ccc2cn(-c3cc(Nc4ccc5[nH]ncc5c4)ncn3)cc2c1. The van der Waals surface area contributed by atoms with Gasteiger partial charge in [0.2, 0.25) is 0 Å². The van der Waals surface area contributed by atoms with Gasteiger partial charge < -0.3 is 14.6 Å². The minimum atomic E-state index is 0.721. The van der Waals surface area contributed by atoms with Crippen LogP contribution in [0, 0.1) is 0 Å². The van der Waals surface area contributed by atoms with Crippen molar-refractivity contribution in [3.05, 3.63) is 67.4 Å². The summed E-state index contributed by atoms with van der Waals surface area (Å²) in [6.07, 6.45) is 7.42. The summed E-state index contributed by atoms with van der Waals surface area (Å²) >= 11 is 0. The first kappa shape index (κ1) is 15.4. The van der Waals surface area contributed by atoms with Crippen molar-refractivity contribution < 1.29 is 4.74 Å². The largest absolute Gasteiger partial charge is 0.497 e. The Labute approximate surface area is 154 Å². The van der Waals surface area contributed by atoms with Crippen LogP contribution in [0.1, 0.15) is 0 Å². The van der Waals surface area contributed by atoms with Gasteiger partial charge in [0.05, 0.1) is 18.8 Å². The van der Waals surface area contributed by atoms with E-state index in [4.69, 9.17) is 4.74 Å². The van der Waals surface area contributed by atoms with Gasteiger partial charge in [-0.05, 0) is 36.4 Å². The number of nitrogens with one attached hydrogen (secondary N) is 2. The van der Waals surface area contributed by atoms with Gasteiger partial charge in [0.15, 0.2) is 0 Å². The van der Waals surface area contributed by atoms with Crippen molar-refractivity contribution in [3.63, 3.8) is 0 Å². The molecule has 0 bridgehead atoms. The Balaban J connectivity index is 1.47. The number of fused-ring (bicyclic) bond motifs is 2. The molecule has 0 spiro atoms. The molecule has 3 heterocycles. The second kappa shape index (κ2) is 6.14. The smallest absolute Gasteiger partial charge is 0.142 e. The highest BCUT2D eigenvalue weighted by Crippen LogP contribution is 2.24. The molecule has 0 atom stereocenters. The third kappa shape index (κ3) is 2.85. The van der Waals surface area contributed by atoms with E-state index in [1.54, 1.807) is 19.6 Å². The van der Waals surface area contributed by atoms with Crippen molar-refractivity contribution in [1.82, 2.24) is 24.7 Å². The fraction of sp³-hybridized carbons (Fsp3) is 0.0500. The van der Waals surface area contributed by atoms with E-state index in [0.717, 1.165) is 44.7 Å². The summed E-state index contributed by atoms with van der Waals surface area (Å²) in [5.41, 5.74) is 1.94. The molecule has 132 valence electrons. The van der Waals surface area contributed by atoms with Crippen molar-refractivity contribution in [2.24, 2.45) is 0 Å². The maximum atomic E-state index is 5.30. The van der Waals surface area contributed by atoms with Crippen LogP contribution in [0.15, 0.2) is 67.4 Å². The Kier molecular flexibility index (Phi) is 3.50. The van der Waals surface area contributed by atoms with Crippen LogP contribution in [0.25, 0.3) is 27.5 Å². The Morgan fingerprint density at radius 2 is 1.89 bits per heavy atom. The van der Waals surface area contributed by atoms with Crippen LogP contribution in [-0.4, -0.2) is 31.8 Å². The molecule has 0 unspecified atom stereocenters. The van der Waals surface area contributed by atoms with E-state index in [9.17, 15) is 0 Å². The first-order chi connectivity index (χ1) is 13.3. The highest BCUT2D eigenvalue weighted by atomic mass is 16.5. The first-order valence-corrected chi connectivity index (χ1v) is 8.47. The molecule has 7 nitrogen and oxygen atoms in total. The van der Waals surface area contributed by atoms with Crippen LogP contribution >= 0.6 is 0 Å². The van der Waals surface area contributed by atoms with Gasteiger partial charge in [-0.3, -0.25) is 5.10 Å². The molecule has 7 heteroatoms. The summed E-state index contributed by atoms with van der Waals surface area (Å²) in [5, 5.41) is 13.6. The second-order valence-electron chi connectivity index (χ2n) is 6.22. The lowest BCUT2D eigenvalue weighted by Gasteiger charge is -2.07. The van der Waals surface area contributed by atoms with Gasteiger partial charge in [-0.15, -0.1) is 0 Å². The number of aromatic nitrogens is 5. The van der Waals surface area contributed by atoms with Crippen molar-refractivity contribution in [2.45, 2.75) is 0 Å². The molecular weight excluding hydrogens is 340 g/mol. The number of nitrogens with zero attached hydrogens (tertiary/aromatic N) is 4. The lowest BCUT2D eigenvalue weighted by Crippen LogP contribution is -1.99. The Morgan fingerprint density at radius 3 is 2.81 bits per heavy atom. The molecule has 0 fully saturated rings. The molecule has 0 aliphatic rings. The molecule has 0 amide bonds. The number of rotatable bonds is 4. The molecule has 0 aliphatic carbocycles. The number of hydrogen-bond acceptors (Lipinski definition) is 5. The average Bonchev–Trinajstić information content (AvgIpc) is 3.33. The molecule has 0 aliphatic heterocycles. The van der Waals surface area contributed by atoms with E-state index in [0.29, 0.717) is 0 Å². The van der Waals surface area contributed by atoms with E-state index < -0.39 is 0 Å². The summed E-state index contributed by atoms with van der Waals surface area (Å²) in [6, 6.07) is 13.9. The molecule has 3 aromatic heterocycles.